The summed E-state index contributed by atoms with van der Waals surface area (Å²) in [5, 5.41) is 14.9. The number of sulfonamides is 2. The summed E-state index contributed by atoms with van der Waals surface area (Å²) in [6.45, 7) is -0.326. The van der Waals surface area contributed by atoms with Crippen LogP contribution in [0.1, 0.15) is 33.6 Å². The molecule has 6 heterocycles. The standard InChI is InChI=1S/2C20H15Cl4FN4O4S2/c2*21-12-2-1-10(14(22)3-12)7-29-18-11(5-27-29)8-33-9-13(18)16(25)6-26-20(30)28-35(31,32)17-4-15(23)19(24)34-17/h2*1-5H,6-9H2,(H2,26,28,30)/b16-13+;16-13-. The van der Waals surface area contributed by atoms with Gasteiger partial charge in [0.05, 0.1) is 86.4 Å². The van der Waals surface area contributed by atoms with E-state index in [0.717, 1.165) is 23.3 Å². The van der Waals surface area contributed by atoms with Crippen LogP contribution in [0.15, 0.2) is 81.0 Å². The lowest BCUT2D eigenvalue weighted by molar-refractivity contribution is 0.144. The number of hydrogen-bond donors (Lipinski definition) is 4. The van der Waals surface area contributed by atoms with Gasteiger partial charge in [-0.2, -0.15) is 10.2 Å². The number of urea groups is 2. The topological polar surface area (TPSA) is 205 Å². The highest BCUT2D eigenvalue weighted by Gasteiger charge is 2.28. The van der Waals surface area contributed by atoms with Gasteiger partial charge >= 0.3 is 12.1 Å². The van der Waals surface area contributed by atoms with E-state index < -0.39 is 56.9 Å². The first-order valence-electron chi connectivity index (χ1n) is 19.5. The van der Waals surface area contributed by atoms with Crippen molar-refractivity contribution >= 4 is 159 Å². The van der Waals surface area contributed by atoms with E-state index in [-0.39, 0.29) is 77.8 Å². The number of halogens is 10. The van der Waals surface area contributed by atoms with Crippen molar-refractivity contribution in [3.8, 4) is 0 Å². The third kappa shape index (κ3) is 13.1. The van der Waals surface area contributed by atoms with Gasteiger partial charge in [-0.3, -0.25) is 9.36 Å². The summed E-state index contributed by atoms with van der Waals surface area (Å²) in [6, 6.07) is 10.0. The van der Waals surface area contributed by atoms with E-state index in [4.69, 9.17) is 102 Å². The summed E-state index contributed by atoms with van der Waals surface area (Å²) in [5.74, 6) is -1.44. The molecule has 70 heavy (non-hydrogen) atoms. The molecule has 0 saturated carbocycles. The lowest BCUT2D eigenvalue weighted by Gasteiger charge is -2.20. The van der Waals surface area contributed by atoms with Crippen LogP contribution in [-0.2, 0) is 55.8 Å². The third-order valence-corrected chi connectivity index (χ3v) is 18.3. The summed E-state index contributed by atoms with van der Waals surface area (Å²) >= 11 is 48.9. The molecule has 4 amide bonds. The number of rotatable bonds is 12. The fourth-order valence-electron chi connectivity index (χ4n) is 6.56. The van der Waals surface area contributed by atoms with Gasteiger partial charge in [0.2, 0.25) is 0 Å². The molecular weight excluding hydrogens is 1170 g/mol. The van der Waals surface area contributed by atoms with Crippen molar-refractivity contribution < 1.29 is 44.7 Å². The molecule has 0 atom stereocenters. The van der Waals surface area contributed by atoms with Gasteiger partial charge in [0.15, 0.2) is 0 Å². The number of thiophene rings is 2. The predicted octanol–water partition coefficient (Wildman–Crippen LogP) is 11.0. The third-order valence-electron chi connectivity index (χ3n) is 9.77. The van der Waals surface area contributed by atoms with Gasteiger partial charge in [-0.1, -0.05) is 105 Å². The molecule has 2 aromatic carbocycles. The fraction of sp³-hybridized carbons (Fsp3) is 0.200. The van der Waals surface area contributed by atoms with Crippen molar-refractivity contribution in [1.29, 1.82) is 0 Å². The summed E-state index contributed by atoms with van der Waals surface area (Å²) in [6.07, 6.45) is 3.13. The Balaban J connectivity index is 0.000000206. The maximum atomic E-state index is 15.2. The second-order valence-electron chi connectivity index (χ2n) is 14.5. The minimum absolute atomic E-state index is 0.0397. The molecule has 30 heteroatoms. The van der Waals surface area contributed by atoms with E-state index in [2.05, 4.69) is 20.8 Å². The molecule has 0 aliphatic carbocycles. The average Bonchev–Trinajstić information content (AvgIpc) is 4.09. The van der Waals surface area contributed by atoms with Gasteiger partial charge in [0.1, 0.15) is 28.7 Å². The van der Waals surface area contributed by atoms with Gasteiger partial charge in [0.25, 0.3) is 20.0 Å². The zero-order valence-corrected chi connectivity index (χ0v) is 44.2. The van der Waals surface area contributed by atoms with Crippen molar-refractivity contribution in [1.82, 2.24) is 39.6 Å². The van der Waals surface area contributed by atoms with E-state index in [1.165, 1.54) is 0 Å². The van der Waals surface area contributed by atoms with Gasteiger partial charge < -0.3 is 20.1 Å². The molecule has 4 aromatic heterocycles. The van der Waals surface area contributed by atoms with E-state index in [1.54, 1.807) is 67.6 Å². The van der Waals surface area contributed by atoms with Crippen molar-refractivity contribution in [2.24, 2.45) is 0 Å². The average molecular weight is 1200 g/mol. The Morgan fingerprint density at radius 2 is 0.971 bits per heavy atom. The Bertz CT molecular complexity index is 3050. The smallest absolute Gasteiger partial charge is 0.329 e. The van der Waals surface area contributed by atoms with Crippen LogP contribution >= 0.6 is 115 Å². The minimum atomic E-state index is -4.23. The van der Waals surface area contributed by atoms with Crippen LogP contribution < -0.4 is 20.1 Å². The second-order valence-corrected chi connectivity index (χ2v) is 24.2. The number of nitrogens with one attached hydrogen (secondary N) is 4. The Kier molecular flexibility index (Phi) is 17.8. The lowest BCUT2D eigenvalue weighted by Crippen LogP contribution is -2.39. The maximum Gasteiger partial charge on any atom is 0.329 e. The molecule has 2 aliphatic heterocycles. The largest absolute Gasteiger partial charge is 0.372 e. The summed E-state index contributed by atoms with van der Waals surface area (Å²) < 4.78 is 96.8. The van der Waals surface area contributed by atoms with Crippen molar-refractivity contribution in [2.45, 2.75) is 34.7 Å². The number of hydrogen-bond acceptors (Lipinski definition) is 12. The number of amides is 4. The number of nitrogens with zero attached hydrogens (tertiary/aromatic N) is 4. The highest BCUT2D eigenvalue weighted by molar-refractivity contribution is 7.92. The zero-order chi connectivity index (χ0) is 50.7. The van der Waals surface area contributed by atoms with Crippen LogP contribution in [0, 0.1) is 0 Å². The summed E-state index contributed by atoms with van der Waals surface area (Å²) in [5.41, 5.74) is 4.11. The highest BCUT2D eigenvalue weighted by Crippen LogP contribution is 2.36. The number of ether oxygens (including phenoxy) is 2. The number of aromatic nitrogens is 4. The molecule has 4 N–H and O–H groups in total. The molecule has 6 aromatic rings. The Labute approximate surface area is 445 Å². The van der Waals surface area contributed by atoms with E-state index in [1.807, 2.05) is 0 Å². The highest BCUT2D eigenvalue weighted by atomic mass is 35.5. The monoisotopic (exact) mass is 1200 g/mol. The van der Waals surface area contributed by atoms with Crippen LogP contribution in [0.4, 0.5) is 18.4 Å². The minimum Gasteiger partial charge on any atom is -0.372 e. The first-order valence-corrected chi connectivity index (χ1v) is 27.1. The van der Waals surface area contributed by atoms with E-state index >= 15 is 8.78 Å². The first-order chi connectivity index (χ1) is 33.1. The predicted molar refractivity (Wildman–Crippen MR) is 267 cm³/mol. The number of fused-ring (bicyclic) bond motifs is 2. The Hall–Kier alpha value is -3.72. The van der Waals surface area contributed by atoms with Gasteiger partial charge in [-0.15, -0.1) is 22.7 Å². The zero-order valence-electron chi connectivity index (χ0n) is 34.9. The Morgan fingerprint density at radius 3 is 1.31 bits per heavy atom. The lowest BCUT2D eigenvalue weighted by atomic mass is 10.1. The molecular formula is C40H30Cl8F2N8O8S4. The molecule has 0 unspecified atom stereocenters. The summed E-state index contributed by atoms with van der Waals surface area (Å²) in [7, 11) is -8.47. The molecule has 8 rings (SSSR count). The molecule has 2 aliphatic rings. The SMILES string of the molecule is O=C(NC/C(F)=C1/COCc2cnn(Cc3ccc(Cl)cc3Cl)c21)NS(=O)(=O)c1cc(Cl)c(Cl)s1.O=C(NC/C(F)=C1\COCc2cnn(Cc3ccc(Cl)cc3Cl)c21)NS(=O)(=O)c1cc(Cl)c(Cl)s1. The normalized spacial score (nSPS) is 15.0. The van der Waals surface area contributed by atoms with Crippen molar-refractivity contribution in [3.63, 3.8) is 0 Å². The van der Waals surface area contributed by atoms with Crippen LogP contribution in [0.5, 0.6) is 0 Å². The number of carbonyl (C=O) groups is 2. The quantitative estimate of drug-likeness (QED) is 0.0912. The maximum absolute atomic E-state index is 15.2. The van der Waals surface area contributed by atoms with Crippen LogP contribution in [0.2, 0.25) is 38.8 Å². The molecule has 0 saturated heterocycles. The first kappa shape index (κ1) is 54.1. The molecule has 16 nitrogen and oxygen atoms in total. The van der Waals surface area contributed by atoms with Crippen molar-refractivity contribution in [2.75, 3.05) is 26.3 Å². The van der Waals surface area contributed by atoms with Gasteiger partial charge in [0, 0.05) is 42.4 Å². The van der Waals surface area contributed by atoms with Crippen LogP contribution in [0.3, 0.4) is 0 Å². The van der Waals surface area contributed by atoms with Crippen LogP contribution in [0.25, 0.3) is 11.1 Å². The van der Waals surface area contributed by atoms with E-state index in [0.29, 0.717) is 65.3 Å². The molecule has 0 spiro atoms. The second kappa shape index (κ2) is 23.0. The van der Waals surface area contributed by atoms with Gasteiger partial charge in [-0.25, -0.2) is 44.6 Å². The molecule has 372 valence electrons. The van der Waals surface area contributed by atoms with Crippen molar-refractivity contribution in [3.05, 3.63) is 145 Å². The molecule has 0 bridgehead atoms. The van der Waals surface area contributed by atoms with Crippen LogP contribution in [-0.4, -0.2) is 74.8 Å². The Morgan fingerprint density at radius 1 is 0.586 bits per heavy atom. The number of benzene rings is 2. The molecule has 0 fully saturated rings. The fourth-order valence-corrected chi connectivity index (χ4v) is 13.1. The van der Waals surface area contributed by atoms with E-state index in [9.17, 15) is 26.4 Å². The number of carbonyl (C=O) groups excluding carboxylic acids is 2. The molecule has 0 radical (unpaired) electrons. The summed E-state index contributed by atoms with van der Waals surface area (Å²) in [4.78, 5) is 24.3. The van der Waals surface area contributed by atoms with Gasteiger partial charge in [-0.05, 0) is 47.5 Å².